The van der Waals surface area contributed by atoms with E-state index in [9.17, 15) is 4.79 Å². The molecule has 2 aromatic rings. The lowest BCUT2D eigenvalue weighted by molar-refractivity contribution is 0.0915. The first kappa shape index (κ1) is 14.6. The van der Waals surface area contributed by atoms with E-state index in [0.717, 1.165) is 36.2 Å². The van der Waals surface area contributed by atoms with Gasteiger partial charge in [0.15, 0.2) is 0 Å². The van der Waals surface area contributed by atoms with Crippen molar-refractivity contribution >= 4 is 6.09 Å². The van der Waals surface area contributed by atoms with Crippen LogP contribution in [0.2, 0.25) is 0 Å². The van der Waals surface area contributed by atoms with Crippen LogP contribution in [-0.4, -0.2) is 22.5 Å². The summed E-state index contributed by atoms with van der Waals surface area (Å²) >= 11 is 0. The normalized spacial score (nSPS) is 17.5. The summed E-state index contributed by atoms with van der Waals surface area (Å²) in [5, 5.41) is 0. The van der Waals surface area contributed by atoms with Crippen molar-refractivity contribution in [3.63, 3.8) is 0 Å². The van der Waals surface area contributed by atoms with Gasteiger partial charge in [-0.3, -0.25) is 9.88 Å². The fraction of sp³-hybridized carbons (Fsp3) is 0.333. The van der Waals surface area contributed by atoms with Crippen LogP contribution in [0.1, 0.15) is 35.7 Å². The first-order chi connectivity index (χ1) is 10.7. The monoisotopic (exact) mass is 296 g/mol. The third-order valence-corrected chi connectivity index (χ3v) is 3.97. The van der Waals surface area contributed by atoms with Crippen LogP contribution < -0.4 is 0 Å². The zero-order chi connectivity index (χ0) is 15.4. The first-order valence-electron chi connectivity index (χ1n) is 7.64. The average Bonchev–Trinajstić information content (AvgIpc) is 3.03. The molecule has 22 heavy (non-hydrogen) atoms. The van der Waals surface area contributed by atoms with Crippen molar-refractivity contribution in [2.45, 2.75) is 32.4 Å². The zero-order valence-electron chi connectivity index (χ0n) is 12.7. The van der Waals surface area contributed by atoms with Gasteiger partial charge in [-0.15, -0.1) is 0 Å². The van der Waals surface area contributed by atoms with Crippen molar-refractivity contribution in [3.05, 3.63) is 65.5 Å². The number of aryl methyl sites for hydroxylation is 1. The minimum Gasteiger partial charge on any atom is -0.445 e. The van der Waals surface area contributed by atoms with Gasteiger partial charge in [0, 0.05) is 12.7 Å². The van der Waals surface area contributed by atoms with Crippen molar-refractivity contribution in [1.82, 2.24) is 9.88 Å². The molecule has 1 saturated heterocycles. The van der Waals surface area contributed by atoms with Gasteiger partial charge < -0.3 is 4.74 Å². The van der Waals surface area contributed by atoms with Crippen LogP contribution in [0.3, 0.4) is 0 Å². The Labute approximate surface area is 130 Å². The summed E-state index contributed by atoms with van der Waals surface area (Å²) in [7, 11) is 0. The molecule has 3 rings (SSSR count). The fourth-order valence-electron chi connectivity index (χ4n) is 2.84. The van der Waals surface area contributed by atoms with Crippen LogP contribution in [0.25, 0.3) is 0 Å². The number of hydrogen-bond donors (Lipinski definition) is 0. The summed E-state index contributed by atoms with van der Waals surface area (Å²) in [6.45, 7) is 3.08. The van der Waals surface area contributed by atoms with E-state index in [1.807, 2.05) is 49.4 Å². The fourth-order valence-corrected chi connectivity index (χ4v) is 2.84. The second kappa shape index (κ2) is 6.60. The average molecular weight is 296 g/mol. The largest absolute Gasteiger partial charge is 0.445 e. The van der Waals surface area contributed by atoms with E-state index in [-0.39, 0.29) is 12.1 Å². The quantitative estimate of drug-likeness (QED) is 0.863. The Morgan fingerprint density at radius 3 is 2.91 bits per heavy atom. The van der Waals surface area contributed by atoms with Gasteiger partial charge in [0.1, 0.15) is 6.61 Å². The number of pyridine rings is 1. The van der Waals surface area contributed by atoms with E-state index < -0.39 is 0 Å². The highest BCUT2D eigenvalue weighted by atomic mass is 16.6. The maximum absolute atomic E-state index is 12.4. The van der Waals surface area contributed by atoms with Gasteiger partial charge in [0.2, 0.25) is 0 Å². The smallest absolute Gasteiger partial charge is 0.410 e. The number of carbonyl (C=O) groups excluding carboxylic acids is 1. The lowest BCUT2D eigenvalue weighted by Gasteiger charge is -2.23. The molecule has 0 aliphatic carbocycles. The summed E-state index contributed by atoms with van der Waals surface area (Å²) in [4.78, 5) is 18.6. The van der Waals surface area contributed by atoms with E-state index in [2.05, 4.69) is 4.98 Å². The zero-order valence-corrected chi connectivity index (χ0v) is 12.7. The Hall–Kier alpha value is -2.36. The molecule has 0 bridgehead atoms. The Bertz CT molecular complexity index is 643. The molecule has 2 heterocycles. The van der Waals surface area contributed by atoms with E-state index in [0.29, 0.717) is 6.61 Å². The van der Waals surface area contributed by atoms with Gasteiger partial charge in [-0.2, -0.15) is 0 Å². The second-order valence-electron chi connectivity index (χ2n) is 5.65. The van der Waals surface area contributed by atoms with Gasteiger partial charge in [-0.25, -0.2) is 4.79 Å². The molecule has 1 aromatic carbocycles. The van der Waals surface area contributed by atoms with Crippen molar-refractivity contribution in [3.8, 4) is 0 Å². The van der Waals surface area contributed by atoms with Crippen LogP contribution in [0, 0.1) is 6.92 Å². The third-order valence-electron chi connectivity index (χ3n) is 3.97. The lowest BCUT2D eigenvalue weighted by atomic mass is 10.1. The molecule has 0 unspecified atom stereocenters. The molecule has 1 aliphatic rings. The predicted octanol–water partition coefficient (Wildman–Crippen LogP) is 3.86. The third kappa shape index (κ3) is 3.27. The molecule has 0 spiro atoms. The molecule has 1 aliphatic heterocycles. The number of ether oxygens (including phenoxy) is 1. The molecule has 0 saturated carbocycles. The van der Waals surface area contributed by atoms with Crippen molar-refractivity contribution in [1.29, 1.82) is 0 Å². The van der Waals surface area contributed by atoms with E-state index in [1.54, 1.807) is 11.1 Å². The number of rotatable bonds is 3. The number of nitrogens with zero attached hydrogens (tertiary/aromatic N) is 2. The number of hydrogen-bond acceptors (Lipinski definition) is 3. The summed E-state index contributed by atoms with van der Waals surface area (Å²) in [5.41, 5.74) is 3.11. The summed E-state index contributed by atoms with van der Waals surface area (Å²) in [6, 6.07) is 13.8. The molecule has 1 atom stereocenters. The maximum atomic E-state index is 12.4. The molecule has 1 fully saturated rings. The summed E-state index contributed by atoms with van der Waals surface area (Å²) < 4.78 is 5.45. The Morgan fingerprint density at radius 2 is 2.14 bits per heavy atom. The van der Waals surface area contributed by atoms with E-state index in [1.165, 1.54) is 0 Å². The van der Waals surface area contributed by atoms with Crippen LogP contribution in [0.4, 0.5) is 4.79 Å². The molecule has 1 amide bonds. The van der Waals surface area contributed by atoms with E-state index in [4.69, 9.17) is 4.74 Å². The van der Waals surface area contributed by atoms with Crippen molar-refractivity contribution < 1.29 is 9.53 Å². The van der Waals surface area contributed by atoms with Gasteiger partial charge in [0.05, 0.1) is 11.7 Å². The van der Waals surface area contributed by atoms with Crippen molar-refractivity contribution in [2.24, 2.45) is 0 Å². The molecule has 4 heteroatoms. The number of carbonyl (C=O) groups is 1. The van der Waals surface area contributed by atoms with Gasteiger partial charge >= 0.3 is 6.09 Å². The second-order valence-corrected chi connectivity index (χ2v) is 5.65. The van der Waals surface area contributed by atoms with Crippen molar-refractivity contribution in [2.75, 3.05) is 6.54 Å². The molecular weight excluding hydrogens is 276 g/mol. The highest BCUT2D eigenvalue weighted by Gasteiger charge is 2.31. The van der Waals surface area contributed by atoms with Crippen LogP contribution >= 0.6 is 0 Å². The van der Waals surface area contributed by atoms with Gasteiger partial charge in [-0.05, 0) is 43.0 Å². The Balaban J connectivity index is 1.66. The van der Waals surface area contributed by atoms with Gasteiger partial charge in [0.25, 0.3) is 0 Å². The minimum absolute atomic E-state index is 0.0307. The highest BCUT2D eigenvalue weighted by Crippen LogP contribution is 2.31. The molecule has 1 aromatic heterocycles. The van der Waals surface area contributed by atoms with Crippen LogP contribution in [0.15, 0.2) is 48.7 Å². The van der Waals surface area contributed by atoms with E-state index >= 15 is 0 Å². The standard InChI is InChI=1S/C18H20N2O2/c1-14-9-10-19-16(12-14)17-8-5-11-20(17)18(21)22-13-15-6-3-2-4-7-15/h2-4,6-7,9-10,12,17H,5,8,11,13H2,1H3/t17-/m0/s1. The molecule has 114 valence electrons. The van der Waals surface area contributed by atoms with Crippen LogP contribution in [-0.2, 0) is 11.3 Å². The summed E-state index contributed by atoms with van der Waals surface area (Å²) in [6.07, 6.45) is 3.48. The maximum Gasteiger partial charge on any atom is 0.410 e. The lowest BCUT2D eigenvalue weighted by Crippen LogP contribution is -2.31. The number of benzene rings is 1. The molecule has 4 nitrogen and oxygen atoms in total. The van der Waals surface area contributed by atoms with Crippen LogP contribution in [0.5, 0.6) is 0 Å². The number of aromatic nitrogens is 1. The molecular formula is C18H20N2O2. The number of amides is 1. The molecule has 0 radical (unpaired) electrons. The van der Waals surface area contributed by atoms with Gasteiger partial charge in [-0.1, -0.05) is 30.3 Å². The molecule has 0 N–H and O–H groups in total. The minimum atomic E-state index is -0.255. The number of likely N-dealkylation sites (tertiary alicyclic amines) is 1. The Kier molecular flexibility index (Phi) is 4.37. The SMILES string of the molecule is Cc1ccnc([C@@H]2CCCN2C(=O)OCc2ccccc2)c1. The predicted molar refractivity (Wildman–Crippen MR) is 84.3 cm³/mol. The highest BCUT2D eigenvalue weighted by molar-refractivity contribution is 5.68. The Morgan fingerprint density at radius 1 is 1.32 bits per heavy atom. The summed E-state index contributed by atoms with van der Waals surface area (Å²) in [5.74, 6) is 0. The first-order valence-corrected chi connectivity index (χ1v) is 7.64. The topological polar surface area (TPSA) is 42.4 Å².